The first-order chi connectivity index (χ1) is 13.6. The van der Waals surface area contributed by atoms with Crippen molar-refractivity contribution in [1.29, 1.82) is 0 Å². The van der Waals surface area contributed by atoms with Gasteiger partial charge in [-0.2, -0.15) is 4.31 Å². The summed E-state index contributed by atoms with van der Waals surface area (Å²) in [7, 11) is -4.92. The van der Waals surface area contributed by atoms with E-state index >= 15 is 0 Å². The first-order valence-electron chi connectivity index (χ1n) is 9.62. The molecule has 1 unspecified atom stereocenters. The molecule has 9 nitrogen and oxygen atoms in total. The van der Waals surface area contributed by atoms with Crippen molar-refractivity contribution in [3.8, 4) is 0 Å². The largest absolute Gasteiger partial charge is 0.326 e. The summed E-state index contributed by atoms with van der Waals surface area (Å²) in [5.74, 6) is -0.680. The monoisotopic (exact) mass is 444 g/mol. The fourth-order valence-electron chi connectivity index (χ4n) is 3.59. The minimum absolute atomic E-state index is 0.167. The van der Waals surface area contributed by atoms with Crippen LogP contribution in [0.4, 0.5) is 5.69 Å². The van der Waals surface area contributed by atoms with Gasteiger partial charge in [0.15, 0.2) is 0 Å². The molecule has 2 heterocycles. The fraction of sp³-hybridized carbons (Fsp3) is 0.611. The number of benzene rings is 1. The van der Waals surface area contributed by atoms with Gasteiger partial charge in [0.05, 0.1) is 17.1 Å². The Kier molecular flexibility index (Phi) is 6.64. The van der Waals surface area contributed by atoms with Gasteiger partial charge in [0.2, 0.25) is 26.0 Å². The highest BCUT2D eigenvalue weighted by atomic mass is 32.2. The van der Waals surface area contributed by atoms with E-state index in [2.05, 4.69) is 10.2 Å². The second kappa shape index (κ2) is 8.68. The molecule has 1 atom stereocenters. The van der Waals surface area contributed by atoms with Gasteiger partial charge in [0.1, 0.15) is 0 Å². The number of carbonyl (C=O) groups excluding carboxylic acids is 1. The molecule has 1 aromatic carbocycles. The van der Waals surface area contributed by atoms with Crippen molar-refractivity contribution < 1.29 is 21.6 Å². The van der Waals surface area contributed by atoms with Crippen molar-refractivity contribution in [1.82, 2.24) is 13.5 Å². The molecule has 11 heteroatoms. The Labute approximate surface area is 172 Å². The summed E-state index contributed by atoms with van der Waals surface area (Å²) in [6.07, 6.45) is 2.40. The standard InChI is InChI=1S/C18H28N4O5S2/c1-20-10-12-21(13-11-20)29(26,27)17-7-5-16(6-8-17)19-18(23)15-4-3-9-22(14-15)28(2,24)25/h5-8,15H,3-4,9-14H2,1-2H3,(H,19,23). The first-order valence-corrected chi connectivity index (χ1v) is 12.9. The van der Waals surface area contributed by atoms with Gasteiger partial charge in [0.25, 0.3) is 0 Å². The van der Waals surface area contributed by atoms with Crippen LogP contribution in [0.1, 0.15) is 12.8 Å². The molecule has 0 aromatic heterocycles. The van der Waals surface area contributed by atoms with E-state index in [0.717, 1.165) is 6.26 Å². The maximum Gasteiger partial charge on any atom is 0.243 e. The van der Waals surface area contributed by atoms with Crippen LogP contribution in [0.25, 0.3) is 0 Å². The molecule has 2 saturated heterocycles. The lowest BCUT2D eigenvalue weighted by Gasteiger charge is -2.31. The third-order valence-electron chi connectivity index (χ3n) is 5.45. The summed E-state index contributed by atoms with van der Waals surface area (Å²) in [4.78, 5) is 14.8. The van der Waals surface area contributed by atoms with E-state index < -0.39 is 26.0 Å². The molecule has 162 valence electrons. The van der Waals surface area contributed by atoms with Crippen molar-refractivity contribution in [3.05, 3.63) is 24.3 Å². The third-order valence-corrected chi connectivity index (χ3v) is 8.63. The molecule has 0 bridgehead atoms. The summed E-state index contributed by atoms with van der Waals surface area (Å²) < 4.78 is 51.8. The van der Waals surface area contributed by atoms with Gasteiger partial charge in [-0.3, -0.25) is 4.79 Å². The predicted molar refractivity (Wildman–Crippen MR) is 110 cm³/mol. The van der Waals surface area contributed by atoms with Crippen LogP contribution in [-0.2, 0) is 24.8 Å². The Morgan fingerprint density at radius 3 is 2.17 bits per heavy atom. The van der Waals surface area contributed by atoms with Crippen molar-refractivity contribution in [2.24, 2.45) is 5.92 Å². The SMILES string of the molecule is CN1CCN(S(=O)(=O)c2ccc(NC(=O)C3CCCN(S(C)(=O)=O)C3)cc2)CC1. The normalized spacial score (nSPS) is 23.0. The van der Waals surface area contributed by atoms with Gasteiger partial charge in [-0.1, -0.05) is 0 Å². The number of piperazine rings is 1. The summed E-state index contributed by atoms with van der Waals surface area (Å²) in [6, 6.07) is 6.12. The zero-order valence-electron chi connectivity index (χ0n) is 16.7. The van der Waals surface area contributed by atoms with Crippen LogP contribution in [-0.4, -0.2) is 88.8 Å². The third kappa shape index (κ3) is 5.34. The van der Waals surface area contributed by atoms with E-state index in [-0.39, 0.29) is 17.3 Å². The number of likely N-dealkylation sites (N-methyl/N-ethyl adjacent to an activating group) is 1. The van der Waals surface area contributed by atoms with Crippen molar-refractivity contribution in [2.75, 3.05) is 57.9 Å². The number of piperidine rings is 1. The summed E-state index contributed by atoms with van der Waals surface area (Å²) >= 11 is 0. The lowest BCUT2D eigenvalue weighted by molar-refractivity contribution is -0.120. The maximum atomic E-state index is 12.8. The van der Waals surface area contributed by atoms with Crippen LogP contribution in [0, 0.1) is 5.92 Å². The number of amides is 1. The Morgan fingerprint density at radius 1 is 0.966 bits per heavy atom. The number of anilines is 1. The molecule has 2 aliphatic heterocycles. The quantitative estimate of drug-likeness (QED) is 0.697. The smallest absolute Gasteiger partial charge is 0.243 e. The lowest BCUT2D eigenvalue weighted by atomic mass is 9.99. The van der Waals surface area contributed by atoms with Gasteiger partial charge in [-0.15, -0.1) is 0 Å². The van der Waals surface area contributed by atoms with E-state index in [1.165, 1.54) is 20.7 Å². The highest BCUT2D eigenvalue weighted by molar-refractivity contribution is 7.89. The summed E-state index contributed by atoms with van der Waals surface area (Å²) in [6.45, 7) is 2.90. The maximum absolute atomic E-state index is 12.8. The molecule has 1 amide bonds. The van der Waals surface area contributed by atoms with Crippen LogP contribution in [0.15, 0.2) is 29.2 Å². The van der Waals surface area contributed by atoms with Crippen molar-refractivity contribution in [3.63, 3.8) is 0 Å². The average Bonchev–Trinajstić information content (AvgIpc) is 2.68. The van der Waals surface area contributed by atoms with E-state index in [0.29, 0.717) is 51.3 Å². The van der Waals surface area contributed by atoms with Gasteiger partial charge < -0.3 is 10.2 Å². The van der Waals surface area contributed by atoms with Crippen LogP contribution in [0.2, 0.25) is 0 Å². The lowest BCUT2D eigenvalue weighted by Crippen LogP contribution is -2.47. The highest BCUT2D eigenvalue weighted by Crippen LogP contribution is 2.23. The topological polar surface area (TPSA) is 107 Å². The molecule has 0 spiro atoms. The number of hydrogen-bond acceptors (Lipinski definition) is 6. The number of sulfonamides is 2. The molecule has 1 N–H and O–H groups in total. The number of nitrogens with one attached hydrogen (secondary N) is 1. The molecule has 2 aliphatic rings. The van der Waals surface area contributed by atoms with Crippen LogP contribution >= 0.6 is 0 Å². The summed E-state index contributed by atoms with van der Waals surface area (Å²) in [5.41, 5.74) is 0.490. The number of hydrogen-bond donors (Lipinski definition) is 1. The van der Waals surface area contributed by atoms with Crippen LogP contribution in [0.3, 0.4) is 0 Å². The Hall–Kier alpha value is -1.53. The van der Waals surface area contributed by atoms with E-state index in [1.807, 2.05) is 7.05 Å². The second-order valence-electron chi connectivity index (χ2n) is 7.68. The number of rotatable bonds is 5. The minimum atomic E-state index is -3.55. The molecule has 2 fully saturated rings. The average molecular weight is 445 g/mol. The Morgan fingerprint density at radius 2 is 1.59 bits per heavy atom. The van der Waals surface area contributed by atoms with E-state index in [4.69, 9.17) is 0 Å². The zero-order valence-corrected chi connectivity index (χ0v) is 18.4. The zero-order chi connectivity index (χ0) is 21.2. The number of nitrogens with zero attached hydrogens (tertiary/aromatic N) is 3. The van der Waals surface area contributed by atoms with Crippen LogP contribution in [0.5, 0.6) is 0 Å². The van der Waals surface area contributed by atoms with Gasteiger partial charge in [-0.25, -0.2) is 21.1 Å². The molecular weight excluding hydrogens is 416 g/mol. The minimum Gasteiger partial charge on any atom is -0.326 e. The Bertz CT molecular complexity index is 939. The van der Waals surface area contributed by atoms with Gasteiger partial charge in [-0.05, 0) is 44.2 Å². The molecule has 0 saturated carbocycles. The number of carbonyl (C=O) groups is 1. The van der Waals surface area contributed by atoms with E-state index in [9.17, 15) is 21.6 Å². The second-order valence-corrected chi connectivity index (χ2v) is 11.6. The molecule has 0 radical (unpaired) electrons. The first kappa shape index (κ1) is 22.2. The molecular formula is C18H28N4O5S2. The highest BCUT2D eigenvalue weighted by Gasteiger charge is 2.30. The van der Waals surface area contributed by atoms with Gasteiger partial charge >= 0.3 is 0 Å². The van der Waals surface area contributed by atoms with Crippen molar-refractivity contribution >= 4 is 31.6 Å². The molecule has 29 heavy (non-hydrogen) atoms. The van der Waals surface area contributed by atoms with E-state index in [1.54, 1.807) is 12.1 Å². The molecule has 3 rings (SSSR count). The van der Waals surface area contributed by atoms with Gasteiger partial charge in [0, 0.05) is 45.0 Å². The summed E-state index contributed by atoms with van der Waals surface area (Å²) in [5, 5.41) is 2.77. The molecule has 1 aromatic rings. The molecule has 0 aliphatic carbocycles. The van der Waals surface area contributed by atoms with Crippen LogP contribution < -0.4 is 5.32 Å². The van der Waals surface area contributed by atoms with Crippen molar-refractivity contribution in [2.45, 2.75) is 17.7 Å². The fourth-order valence-corrected chi connectivity index (χ4v) is 5.92. The Balaban J connectivity index is 1.64. The predicted octanol–water partition coefficient (Wildman–Crippen LogP) is 0.233.